The van der Waals surface area contributed by atoms with Crippen molar-refractivity contribution < 1.29 is 9.53 Å². The average Bonchev–Trinajstić information content (AvgIpc) is 3.11. The fourth-order valence-electron chi connectivity index (χ4n) is 4.35. The smallest absolute Gasteiger partial charge is 0.267 e. The fraction of sp³-hybridized carbons (Fsp3) is 0.520. The Labute approximate surface area is 210 Å². The molecule has 4 heterocycles. The fourth-order valence-corrected chi connectivity index (χ4v) is 5.61. The molecule has 1 atom stereocenters. The van der Waals surface area contributed by atoms with Crippen LogP contribution in [-0.2, 0) is 9.53 Å². The van der Waals surface area contributed by atoms with Crippen molar-refractivity contribution in [1.82, 2.24) is 14.3 Å². The lowest BCUT2D eigenvalue weighted by Gasteiger charge is -2.29. The Kier molecular flexibility index (Phi) is 8.06. The molecule has 0 radical (unpaired) electrons. The van der Waals surface area contributed by atoms with Gasteiger partial charge in [0.2, 0.25) is 0 Å². The van der Waals surface area contributed by atoms with Crippen molar-refractivity contribution in [3.63, 3.8) is 0 Å². The van der Waals surface area contributed by atoms with Gasteiger partial charge < -0.3 is 9.64 Å². The van der Waals surface area contributed by atoms with Crippen molar-refractivity contribution in [3.8, 4) is 0 Å². The number of thioether (sulfide) groups is 1. The number of hydrogen-bond acceptors (Lipinski definition) is 7. The molecule has 1 amide bonds. The van der Waals surface area contributed by atoms with Crippen LogP contribution in [-0.4, -0.2) is 57.4 Å². The molecule has 0 saturated carbocycles. The maximum Gasteiger partial charge on any atom is 0.267 e. The average molecular weight is 501 g/mol. The number of rotatable bonds is 8. The van der Waals surface area contributed by atoms with E-state index >= 15 is 0 Å². The summed E-state index contributed by atoms with van der Waals surface area (Å²) in [5.41, 5.74) is 1.78. The topological polar surface area (TPSA) is 67.2 Å². The van der Waals surface area contributed by atoms with E-state index in [2.05, 4.69) is 18.7 Å². The van der Waals surface area contributed by atoms with Gasteiger partial charge in [0.1, 0.15) is 15.8 Å². The van der Waals surface area contributed by atoms with Crippen molar-refractivity contribution in [3.05, 3.63) is 44.7 Å². The summed E-state index contributed by atoms with van der Waals surface area (Å²) in [6.45, 7) is 9.35. The molecule has 2 aromatic heterocycles. The number of aryl methyl sites for hydroxylation is 1. The van der Waals surface area contributed by atoms with Gasteiger partial charge in [-0.1, -0.05) is 63.2 Å². The number of hydrogen-bond donors (Lipinski definition) is 0. The quantitative estimate of drug-likeness (QED) is 0.396. The molecule has 2 saturated heterocycles. The highest BCUT2D eigenvalue weighted by Crippen LogP contribution is 2.34. The molecule has 0 N–H and O–H groups in total. The molecule has 9 heteroatoms. The van der Waals surface area contributed by atoms with Crippen molar-refractivity contribution >= 4 is 51.7 Å². The number of aromatic nitrogens is 2. The molecular weight excluding hydrogens is 468 g/mol. The van der Waals surface area contributed by atoms with Crippen molar-refractivity contribution in [1.29, 1.82) is 0 Å². The number of carbonyl (C=O) groups excluding carboxylic acids is 1. The molecule has 2 fully saturated rings. The monoisotopic (exact) mass is 500 g/mol. The van der Waals surface area contributed by atoms with Crippen LogP contribution in [0.4, 0.5) is 5.82 Å². The number of thiocarbonyl (C=S) groups is 1. The Hall–Kier alpha value is -2.23. The van der Waals surface area contributed by atoms with E-state index in [-0.39, 0.29) is 11.5 Å². The summed E-state index contributed by atoms with van der Waals surface area (Å²) in [4.78, 5) is 36.0. The number of ether oxygens (including phenoxy) is 1. The molecule has 0 spiro atoms. The maximum atomic E-state index is 13.6. The second-order valence-corrected chi connectivity index (χ2v) is 10.6. The lowest BCUT2D eigenvalue weighted by atomic mass is 9.99. The van der Waals surface area contributed by atoms with Gasteiger partial charge in [-0.2, -0.15) is 0 Å². The predicted octanol–water partition coefficient (Wildman–Crippen LogP) is 4.26. The van der Waals surface area contributed by atoms with Crippen LogP contribution in [0.15, 0.2) is 28.0 Å². The van der Waals surface area contributed by atoms with Crippen LogP contribution in [0, 0.1) is 12.8 Å². The minimum atomic E-state index is -0.185. The van der Waals surface area contributed by atoms with E-state index in [1.54, 1.807) is 21.6 Å². The zero-order valence-electron chi connectivity index (χ0n) is 20.1. The third kappa shape index (κ3) is 5.21. The molecule has 0 bridgehead atoms. The molecule has 2 aliphatic heterocycles. The van der Waals surface area contributed by atoms with Crippen molar-refractivity contribution in [2.75, 3.05) is 37.7 Å². The molecule has 34 heavy (non-hydrogen) atoms. The third-order valence-corrected chi connectivity index (χ3v) is 7.81. The minimum absolute atomic E-state index is 0.119. The number of carbonyl (C=O) groups is 1. The van der Waals surface area contributed by atoms with E-state index in [9.17, 15) is 9.59 Å². The molecule has 7 nitrogen and oxygen atoms in total. The van der Waals surface area contributed by atoms with Gasteiger partial charge in [-0.15, -0.1) is 0 Å². The van der Waals surface area contributed by atoms with Gasteiger partial charge in [0.25, 0.3) is 11.5 Å². The lowest BCUT2D eigenvalue weighted by Crippen LogP contribution is -2.38. The summed E-state index contributed by atoms with van der Waals surface area (Å²) in [6, 6.07) is 3.80. The Morgan fingerprint density at radius 1 is 1.24 bits per heavy atom. The summed E-state index contributed by atoms with van der Waals surface area (Å²) in [7, 11) is 0. The summed E-state index contributed by atoms with van der Waals surface area (Å²) in [6.07, 6.45) is 7.85. The standard InChI is InChI=1S/C25H32N4O3S2/c1-4-6-7-18(5-2)16-29-24(31)20(34-25(29)33)14-19-22(27-10-12-32-13-11-27)26-21-9-8-17(3)15-28(21)23(19)30/h8-9,14-15,18H,4-7,10-13,16H2,1-3H3. The predicted molar refractivity (Wildman–Crippen MR) is 142 cm³/mol. The first-order valence-electron chi connectivity index (χ1n) is 12.0. The van der Waals surface area contributed by atoms with E-state index < -0.39 is 0 Å². The molecule has 1 unspecified atom stereocenters. The summed E-state index contributed by atoms with van der Waals surface area (Å²) >= 11 is 6.85. The highest BCUT2D eigenvalue weighted by atomic mass is 32.2. The highest BCUT2D eigenvalue weighted by molar-refractivity contribution is 8.26. The molecule has 2 aliphatic rings. The number of pyridine rings is 1. The largest absolute Gasteiger partial charge is 0.378 e. The van der Waals surface area contributed by atoms with E-state index in [4.69, 9.17) is 21.9 Å². The summed E-state index contributed by atoms with van der Waals surface area (Å²) in [5.74, 6) is 0.894. The number of nitrogens with zero attached hydrogens (tertiary/aromatic N) is 4. The SMILES string of the molecule is CCCCC(CC)CN1C(=O)C(=Cc2c(N3CCOCC3)nc3ccc(C)cn3c2=O)SC1=S. The number of fused-ring (bicyclic) bond motifs is 1. The first-order chi connectivity index (χ1) is 16.4. The summed E-state index contributed by atoms with van der Waals surface area (Å²) in [5, 5.41) is 0. The lowest BCUT2D eigenvalue weighted by molar-refractivity contribution is -0.122. The summed E-state index contributed by atoms with van der Waals surface area (Å²) < 4.78 is 7.62. The normalized spacial score (nSPS) is 19.0. The van der Waals surface area contributed by atoms with Crippen LogP contribution in [0.25, 0.3) is 11.7 Å². The van der Waals surface area contributed by atoms with Crippen molar-refractivity contribution in [2.24, 2.45) is 5.92 Å². The number of unbranched alkanes of at least 4 members (excludes halogenated alkanes) is 1. The maximum absolute atomic E-state index is 13.6. The van der Waals surface area contributed by atoms with Crippen LogP contribution in [0.1, 0.15) is 50.7 Å². The Bertz CT molecular complexity index is 1170. The van der Waals surface area contributed by atoms with Crippen LogP contribution in [0.2, 0.25) is 0 Å². The van der Waals surface area contributed by atoms with Crippen LogP contribution in [0.3, 0.4) is 0 Å². The zero-order valence-corrected chi connectivity index (χ0v) is 21.7. The Morgan fingerprint density at radius 2 is 2.00 bits per heavy atom. The zero-order chi connectivity index (χ0) is 24.2. The van der Waals surface area contributed by atoms with Gasteiger partial charge in [-0.25, -0.2) is 4.98 Å². The van der Waals surface area contributed by atoms with Crippen LogP contribution < -0.4 is 10.5 Å². The van der Waals surface area contributed by atoms with Crippen LogP contribution >= 0.6 is 24.0 Å². The van der Waals surface area contributed by atoms with Crippen molar-refractivity contribution in [2.45, 2.75) is 46.5 Å². The van der Waals surface area contributed by atoms with E-state index in [1.807, 2.05) is 19.1 Å². The Balaban J connectivity index is 1.73. The molecule has 2 aromatic rings. The van der Waals surface area contributed by atoms with Gasteiger partial charge in [-0.05, 0) is 37.0 Å². The number of anilines is 1. The Morgan fingerprint density at radius 3 is 2.71 bits per heavy atom. The van der Waals surface area contributed by atoms with Gasteiger partial charge in [0, 0.05) is 25.8 Å². The first kappa shape index (κ1) is 24.9. The second-order valence-electron chi connectivity index (χ2n) is 8.90. The van der Waals surface area contributed by atoms with Gasteiger partial charge in [-0.3, -0.25) is 18.9 Å². The van der Waals surface area contributed by atoms with E-state index in [1.165, 1.54) is 11.8 Å². The highest BCUT2D eigenvalue weighted by Gasteiger charge is 2.34. The molecule has 0 aromatic carbocycles. The van der Waals surface area contributed by atoms with E-state index in [0.29, 0.717) is 65.0 Å². The van der Waals surface area contributed by atoms with Gasteiger partial charge >= 0.3 is 0 Å². The first-order valence-corrected chi connectivity index (χ1v) is 13.3. The number of amides is 1. The van der Waals surface area contributed by atoms with E-state index in [0.717, 1.165) is 31.2 Å². The minimum Gasteiger partial charge on any atom is -0.378 e. The van der Waals surface area contributed by atoms with Gasteiger partial charge in [0.05, 0.1) is 23.7 Å². The number of morpholine rings is 1. The molecule has 182 valence electrons. The molecular formula is C25H32N4O3S2. The molecule has 0 aliphatic carbocycles. The second kappa shape index (κ2) is 11.0. The van der Waals surface area contributed by atoms with Crippen LogP contribution in [0.5, 0.6) is 0 Å². The molecule has 4 rings (SSSR count). The third-order valence-electron chi connectivity index (χ3n) is 6.43. The van der Waals surface area contributed by atoms with Gasteiger partial charge in [0.15, 0.2) is 0 Å².